The maximum absolute atomic E-state index is 13.1. The van der Waals surface area contributed by atoms with Gasteiger partial charge in [-0.25, -0.2) is 4.39 Å². The molecular formula is C15H12ClFN2O. The lowest BCUT2D eigenvalue weighted by Crippen LogP contribution is -2.08. The van der Waals surface area contributed by atoms with Gasteiger partial charge in [0.2, 0.25) is 0 Å². The first-order valence-electron chi connectivity index (χ1n) is 5.89. The van der Waals surface area contributed by atoms with Crippen LogP contribution in [0.5, 0.6) is 5.75 Å². The Morgan fingerprint density at radius 2 is 1.95 bits per heavy atom. The van der Waals surface area contributed by atoms with Gasteiger partial charge in [0, 0.05) is 5.69 Å². The fourth-order valence-corrected chi connectivity index (χ4v) is 1.92. The number of hydrogen-bond donors (Lipinski definition) is 1. The third-order valence-corrected chi connectivity index (χ3v) is 3.10. The predicted octanol–water partition coefficient (Wildman–Crippen LogP) is 4.16. The molecule has 2 aromatic carbocycles. The third-order valence-electron chi connectivity index (χ3n) is 2.81. The van der Waals surface area contributed by atoms with Crippen molar-refractivity contribution < 1.29 is 9.13 Å². The summed E-state index contributed by atoms with van der Waals surface area (Å²) in [7, 11) is 1.58. The lowest BCUT2D eigenvalue weighted by atomic mass is 10.1. The van der Waals surface area contributed by atoms with Crippen molar-refractivity contribution in [2.45, 2.75) is 6.04 Å². The van der Waals surface area contributed by atoms with Gasteiger partial charge in [-0.05, 0) is 42.0 Å². The van der Waals surface area contributed by atoms with E-state index in [1.54, 1.807) is 31.4 Å². The molecule has 5 heteroatoms. The minimum atomic E-state index is -0.610. The number of nitrogens with zero attached hydrogens (tertiary/aromatic N) is 1. The van der Waals surface area contributed by atoms with Crippen LogP contribution in [-0.4, -0.2) is 7.11 Å². The number of nitriles is 1. The summed E-state index contributed by atoms with van der Waals surface area (Å²) in [6.07, 6.45) is 0. The molecule has 0 aliphatic heterocycles. The summed E-state index contributed by atoms with van der Waals surface area (Å²) >= 11 is 5.73. The van der Waals surface area contributed by atoms with E-state index >= 15 is 0 Å². The van der Waals surface area contributed by atoms with Gasteiger partial charge >= 0.3 is 0 Å². The molecule has 0 aliphatic rings. The number of benzene rings is 2. The van der Waals surface area contributed by atoms with Crippen LogP contribution in [0, 0.1) is 17.1 Å². The van der Waals surface area contributed by atoms with Crippen LogP contribution in [0.3, 0.4) is 0 Å². The third kappa shape index (κ3) is 3.19. The predicted molar refractivity (Wildman–Crippen MR) is 76.4 cm³/mol. The molecule has 2 aromatic rings. The standard InChI is InChI=1S/C15H12ClFN2O/c1-20-12-5-3-11(4-6-12)19-15(9-18)10-2-7-14(17)13(16)8-10/h2-8,15,19H,1H3. The molecule has 0 amide bonds. The molecule has 1 N–H and O–H groups in total. The molecular weight excluding hydrogens is 279 g/mol. The van der Waals surface area contributed by atoms with E-state index in [0.29, 0.717) is 5.56 Å². The van der Waals surface area contributed by atoms with Gasteiger partial charge in [-0.2, -0.15) is 5.26 Å². The molecule has 0 saturated carbocycles. The fourth-order valence-electron chi connectivity index (χ4n) is 1.74. The molecule has 0 aliphatic carbocycles. The monoisotopic (exact) mass is 290 g/mol. The molecule has 2 rings (SSSR count). The molecule has 20 heavy (non-hydrogen) atoms. The van der Waals surface area contributed by atoms with E-state index < -0.39 is 11.9 Å². The average Bonchev–Trinajstić information content (AvgIpc) is 2.48. The van der Waals surface area contributed by atoms with E-state index in [4.69, 9.17) is 16.3 Å². The Balaban J connectivity index is 2.19. The van der Waals surface area contributed by atoms with Crippen molar-refractivity contribution in [3.63, 3.8) is 0 Å². The summed E-state index contributed by atoms with van der Waals surface area (Å²) in [4.78, 5) is 0. The summed E-state index contributed by atoms with van der Waals surface area (Å²) in [6.45, 7) is 0. The van der Waals surface area contributed by atoms with E-state index in [1.165, 1.54) is 18.2 Å². The summed E-state index contributed by atoms with van der Waals surface area (Å²) < 4.78 is 18.2. The normalized spacial score (nSPS) is 11.5. The van der Waals surface area contributed by atoms with Crippen molar-refractivity contribution in [2.75, 3.05) is 12.4 Å². The minimum absolute atomic E-state index is 0.000666. The molecule has 3 nitrogen and oxygen atoms in total. The minimum Gasteiger partial charge on any atom is -0.497 e. The molecule has 1 atom stereocenters. The quantitative estimate of drug-likeness (QED) is 0.919. The largest absolute Gasteiger partial charge is 0.497 e. The molecule has 102 valence electrons. The first kappa shape index (κ1) is 14.2. The average molecular weight is 291 g/mol. The number of ether oxygens (including phenoxy) is 1. The van der Waals surface area contributed by atoms with Crippen LogP contribution in [-0.2, 0) is 0 Å². The van der Waals surface area contributed by atoms with Crippen molar-refractivity contribution in [3.8, 4) is 11.8 Å². The number of hydrogen-bond acceptors (Lipinski definition) is 3. The Morgan fingerprint density at radius 3 is 2.50 bits per heavy atom. The number of methoxy groups -OCH3 is 1. The second-order valence-corrected chi connectivity index (χ2v) is 4.52. The van der Waals surface area contributed by atoms with Gasteiger partial charge in [0.1, 0.15) is 17.6 Å². The van der Waals surface area contributed by atoms with Crippen molar-refractivity contribution >= 4 is 17.3 Å². The van der Waals surface area contributed by atoms with Gasteiger partial charge in [-0.1, -0.05) is 17.7 Å². The second-order valence-electron chi connectivity index (χ2n) is 4.11. The highest BCUT2D eigenvalue weighted by Gasteiger charge is 2.12. The Kier molecular flexibility index (Phi) is 4.44. The number of nitrogens with one attached hydrogen (secondary N) is 1. The topological polar surface area (TPSA) is 45.0 Å². The van der Waals surface area contributed by atoms with Crippen molar-refractivity contribution in [1.29, 1.82) is 5.26 Å². The highest BCUT2D eigenvalue weighted by molar-refractivity contribution is 6.30. The molecule has 0 radical (unpaired) electrons. The highest BCUT2D eigenvalue weighted by atomic mass is 35.5. The Bertz CT molecular complexity index is 637. The Hall–Kier alpha value is -2.25. The van der Waals surface area contributed by atoms with Gasteiger partial charge in [-0.3, -0.25) is 0 Å². The number of anilines is 1. The molecule has 0 aromatic heterocycles. The summed E-state index contributed by atoms with van der Waals surface area (Å²) in [5.74, 6) is 0.227. The lowest BCUT2D eigenvalue weighted by Gasteiger charge is -2.14. The second kappa shape index (κ2) is 6.27. The van der Waals surface area contributed by atoms with Crippen molar-refractivity contribution in [2.24, 2.45) is 0 Å². The van der Waals surface area contributed by atoms with Gasteiger partial charge in [-0.15, -0.1) is 0 Å². The van der Waals surface area contributed by atoms with E-state index in [0.717, 1.165) is 11.4 Å². The molecule has 0 spiro atoms. The van der Waals surface area contributed by atoms with Crippen LogP contribution in [0.1, 0.15) is 11.6 Å². The maximum atomic E-state index is 13.1. The Labute approximate surface area is 121 Å². The van der Waals surface area contributed by atoms with Crippen LogP contribution in [0.15, 0.2) is 42.5 Å². The zero-order chi connectivity index (χ0) is 14.5. The van der Waals surface area contributed by atoms with Crippen LogP contribution in [0.2, 0.25) is 5.02 Å². The molecule has 0 bridgehead atoms. The van der Waals surface area contributed by atoms with Crippen LogP contribution in [0.25, 0.3) is 0 Å². The van der Waals surface area contributed by atoms with E-state index in [9.17, 15) is 9.65 Å². The van der Waals surface area contributed by atoms with Gasteiger partial charge < -0.3 is 10.1 Å². The van der Waals surface area contributed by atoms with Crippen LogP contribution >= 0.6 is 11.6 Å². The van der Waals surface area contributed by atoms with Gasteiger partial charge in [0.25, 0.3) is 0 Å². The van der Waals surface area contributed by atoms with Crippen LogP contribution in [0.4, 0.5) is 10.1 Å². The number of halogens is 2. The molecule has 0 saturated heterocycles. The van der Waals surface area contributed by atoms with Crippen LogP contribution < -0.4 is 10.1 Å². The molecule has 0 fully saturated rings. The van der Waals surface area contributed by atoms with Crippen molar-refractivity contribution in [1.82, 2.24) is 0 Å². The zero-order valence-electron chi connectivity index (χ0n) is 10.7. The molecule has 0 heterocycles. The first-order chi connectivity index (χ1) is 9.63. The highest BCUT2D eigenvalue weighted by Crippen LogP contribution is 2.24. The smallest absolute Gasteiger partial charge is 0.141 e. The van der Waals surface area contributed by atoms with E-state index in [1.807, 2.05) is 0 Å². The maximum Gasteiger partial charge on any atom is 0.141 e. The summed E-state index contributed by atoms with van der Waals surface area (Å²) in [5, 5.41) is 12.3. The molecule has 1 unspecified atom stereocenters. The summed E-state index contributed by atoms with van der Waals surface area (Å²) in [5.41, 5.74) is 1.37. The SMILES string of the molecule is COc1ccc(NC(C#N)c2ccc(F)c(Cl)c2)cc1. The van der Waals surface area contributed by atoms with Gasteiger partial charge in [0.15, 0.2) is 0 Å². The van der Waals surface area contributed by atoms with Gasteiger partial charge in [0.05, 0.1) is 18.2 Å². The number of rotatable bonds is 4. The van der Waals surface area contributed by atoms with E-state index in [2.05, 4.69) is 11.4 Å². The Morgan fingerprint density at radius 1 is 1.25 bits per heavy atom. The summed E-state index contributed by atoms with van der Waals surface area (Å²) in [6, 6.07) is 12.9. The van der Waals surface area contributed by atoms with Crippen molar-refractivity contribution in [3.05, 3.63) is 58.9 Å². The lowest BCUT2D eigenvalue weighted by molar-refractivity contribution is 0.415. The zero-order valence-corrected chi connectivity index (χ0v) is 11.5. The fraction of sp³-hybridized carbons (Fsp3) is 0.133. The van der Waals surface area contributed by atoms with E-state index in [-0.39, 0.29) is 5.02 Å². The first-order valence-corrected chi connectivity index (χ1v) is 6.27.